The first-order valence-corrected chi connectivity index (χ1v) is 5.92. The van der Waals surface area contributed by atoms with Gasteiger partial charge >= 0.3 is 0 Å². The highest BCUT2D eigenvalue weighted by molar-refractivity contribution is 9.25. The summed E-state index contributed by atoms with van der Waals surface area (Å²) in [6.45, 7) is 0. The third-order valence-corrected chi connectivity index (χ3v) is 2.84. The fourth-order valence-electron chi connectivity index (χ4n) is 0.775. The van der Waals surface area contributed by atoms with Crippen molar-refractivity contribution in [2.75, 3.05) is 0 Å². The van der Waals surface area contributed by atoms with Crippen molar-refractivity contribution >= 4 is 53.6 Å². The van der Waals surface area contributed by atoms with Gasteiger partial charge in [0, 0.05) is 5.56 Å². The van der Waals surface area contributed by atoms with Crippen molar-refractivity contribution in [2.45, 2.75) is 3.74 Å². The topological polar surface area (TPSA) is 17.1 Å². The van der Waals surface area contributed by atoms with Crippen LogP contribution < -0.4 is 0 Å². The van der Waals surface area contributed by atoms with Crippen molar-refractivity contribution in [3.05, 3.63) is 34.1 Å². The minimum absolute atomic E-state index is 0.138. The van der Waals surface area contributed by atoms with Gasteiger partial charge in [0.1, 0.15) is 9.55 Å². The van der Waals surface area contributed by atoms with E-state index in [0.717, 1.165) is 0 Å². The van der Waals surface area contributed by atoms with Gasteiger partial charge in [-0.15, -0.1) is 0 Å². The summed E-state index contributed by atoms with van der Waals surface area (Å²) in [5.41, 5.74) is 0.451. The molecule has 0 spiro atoms. The Morgan fingerprint density at radius 2 is 2.00 bits per heavy atom. The molecule has 0 saturated carbocycles. The number of carbonyl (C=O) groups is 1. The number of ketones is 1. The molecular weight excluding hydrogens is 371 g/mol. The minimum Gasteiger partial charge on any atom is -0.292 e. The summed E-state index contributed by atoms with van der Waals surface area (Å²) in [5, 5.41) is 0. The molecule has 0 saturated heterocycles. The predicted octanol–water partition coefficient (Wildman–Crippen LogP) is 3.89. The predicted molar refractivity (Wildman–Crippen MR) is 60.1 cm³/mol. The van der Waals surface area contributed by atoms with Crippen molar-refractivity contribution in [2.24, 2.45) is 0 Å². The molecule has 1 aromatic rings. The summed E-state index contributed by atoms with van der Waals surface area (Å²) in [5.74, 6) is -0.516. The number of halogens is 4. The normalized spacial score (nSPS) is 10.5. The first-order valence-electron chi connectivity index (χ1n) is 3.30. The number of hydrogen-bond acceptors (Lipinski definition) is 1. The van der Waals surface area contributed by atoms with E-state index in [-0.39, 0.29) is 11.6 Å². The Kier molecular flexibility index (Phi) is 4.06. The van der Waals surface area contributed by atoms with E-state index >= 15 is 0 Å². The summed E-state index contributed by atoms with van der Waals surface area (Å²) in [6.07, 6.45) is 0. The van der Waals surface area contributed by atoms with Crippen LogP contribution in [0.25, 0.3) is 0 Å². The molecule has 1 rings (SSSR count). The lowest BCUT2D eigenvalue weighted by Gasteiger charge is -2.02. The molecule has 0 unspecified atom stereocenters. The van der Waals surface area contributed by atoms with E-state index in [2.05, 4.69) is 47.8 Å². The fraction of sp³-hybridized carbons (Fsp3) is 0.125. The van der Waals surface area contributed by atoms with Crippen LogP contribution in [-0.4, -0.2) is 9.52 Å². The van der Waals surface area contributed by atoms with Crippen molar-refractivity contribution in [1.29, 1.82) is 0 Å². The quantitative estimate of drug-likeness (QED) is 0.567. The molecule has 0 aliphatic rings. The Labute approximate surface area is 100 Å². The zero-order chi connectivity index (χ0) is 10.0. The first kappa shape index (κ1) is 11.3. The van der Waals surface area contributed by atoms with E-state index in [1.807, 2.05) is 0 Å². The SMILES string of the molecule is O=C(c1ccc(F)c(Br)c1)C(Br)Br. The monoisotopic (exact) mass is 372 g/mol. The molecule has 0 aliphatic carbocycles. The van der Waals surface area contributed by atoms with Gasteiger partial charge in [-0.2, -0.15) is 0 Å². The number of hydrogen-bond donors (Lipinski definition) is 0. The first-order chi connectivity index (χ1) is 6.02. The summed E-state index contributed by atoms with van der Waals surface area (Å²) >= 11 is 9.16. The Morgan fingerprint density at radius 3 is 2.46 bits per heavy atom. The second-order valence-corrected chi connectivity index (χ2v) is 6.21. The molecule has 5 heteroatoms. The Hall–Kier alpha value is 0.260. The molecule has 0 heterocycles. The van der Waals surface area contributed by atoms with Crippen LogP contribution in [-0.2, 0) is 0 Å². The van der Waals surface area contributed by atoms with Gasteiger partial charge in [-0.3, -0.25) is 4.79 Å². The van der Waals surface area contributed by atoms with Gasteiger partial charge < -0.3 is 0 Å². The Morgan fingerprint density at radius 1 is 1.38 bits per heavy atom. The molecular formula is C8H4Br3FO. The van der Waals surface area contributed by atoms with Gasteiger partial charge in [0.25, 0.3) is 0 Å². The highest BCUT2D eigenvalue weighted by Crippen LogP contribution is 2.21. The molecule has 13 heavy (non-hydrogen) atoms. The molecule has 0 aromatic heterocycles. The number of carbonyl (C=O) groups excluding carboxylic acids is 1. The zero-order valence-corrected chi connectivity index (χ0v) is 11.0. The van der Waals surface area contributed by atoms with E-state index in [1.54, 1.807) is 0 Å². The molecule has 0 bridgehead atoms. The average Bonchev–Trinajstić information content (AvgIpc) is 2.08. The lowest BCUT2D eigenvalue weighted by molar-refractivity contribution is 0.101. The van der Waals surface area contributed by atoms with E-state index in [4.69, 9.17) is 0 Å². The van der Waals surface area contributed by atoms with Crippen molar-refractivity contribution < 1.29 is 9.18 Å². The van der Waals surface area contributed by atoms with Crippen LogP contribution in [0.1, 0.15) is 10.4 Å². The van der Waals surface area contributed by atoms with E-state index in [1.165, 1.54) is 18.2 Å². The molecule has 0 radical (unpaired) electrons. The standard InChI is InChI=1S/C8H4Br3FO/c9-5-3-4(1-2-6(5)12)7(13)8(10)11/h1-3,8H. The van der Waals surface area contributed by atoms with Crippen LogP contribution >= 0.6 is 47.8 Å². The number of Topliss-reactive ketones (excluding diaryl/α,β-unsaturated/α-hetero) is 1. The van der Waals surface area contributed by atoms with Gasteiger partial charge in [0.2, 0.25) is 0 Å². The van der Waals surface area contributed by atoms with Gasteiger partial charge in [-0.05, 0) is 34.1 Å². The maximum Gasteiger partial charge on any atom is 0.187 e. The molecule has 1 aromatic carbocycles. The van der Waals surface area contributed by atoms with E-state index in [9.17, 15) is 9.18 Å². The zero-order valence-electron chi connectivity index (χ0n) is 6.23. The van der Waals surface area contributed by atoms with E-state index in [0.29, 0.717) is 10.0 Å². The summed E-state index contributed by atoms with van der Waals surface area (Å²) in [6, 6.07) is 4.14. The molecule has 1 nitrogen and oxygen atoms in total. The maximum absolute atomic E-state index is 12.8. The highest BCUT2D eigenvalue weighted by atomic mass is 79.9. The highest BCUT2D eigenvalue weighted by Gasteiger charge is 2.14. The van der Waals surface area contributed by atoms with Gasteiger partial charge in [-0.25, -0.2) is 4.39 Å². The van der Waals surface area contributed by atoms with Gasteiger partial charge in [0.15, 0.2) is 5.78 Å². The van der Waals surface area contributed by atoms with Crippen LogP contribution in [0.2, 0.25) is 0 Å². The van der Waals surface area contributed by atoms with E-state index < -0.39 is 3.74 Å². The lowest BCUT2D eigenvalue weighted by atomic mass is 10.1. The second kappa shape index (κ2) is 4.66. The summed E-state index contributed by atoms with van der Waals surface area (Å²) < 4.78 is 12.6. The van der Waals surface area contributed by atoms with Gasteiger partial charge in [-0.1, -0.05) is 31.9 Å². The van der Waals surface area contributed by atoms with Crippen molar-refractivity contribution in [1.82, 2.24) is 0 Å². The van der Waals surface area contributed by atoms with Crippen LogP contribution in [0, 0.1) is 5.82 Å². The molecule has 70 valence electrons. The smallest absolute Gasteiger partial charge is 0.187 e. The average molecular weight is 375 g/mol. The number of benzene rings is 1. The Balaban J connectivity index is 3.04. The fourth-order valence-corrected chi connectivity index (χ4v) is 1.68. The third-order valence-electron chi connectivity index (χ3n) is 1.40. The molecule has 0 atom stereocenters. The summed E-state index contributed by atoms with van der Waals surface area (Å²) in [7, 11) is 0. The number of rotatable bonds is 2. The number of alkyl halides is 2. The van der Waals surface area contributed by atoms with Crippen LogP contribution in [0.15, 0.2) is 22.7 Å². The van der Waals surface area contributed by atoms with Crippen LogP contribution in [0.3, 0.4) is 0 Å². The summed E-state index contributed by atoms with van der Waals surface area (Å²) in [4.78, 5) is 11.4. The van der Waals surface area contributed by atoms with Crippen LogP contribution in [0.4, 0.5) is 4.39 Å². The molecule has 0 fully saturated rings. The largest absolute Gasteiger partial charge is 0.292 e. The van der Waals surface area contributed by atoms with Crippen LogP contribution in [0.5, 0.6) is 0 Å². The molecule has 0 aliphatic heterocycles. The lowest BCUT2D eigenvalue weighted by Crippen LogP contribution is -2.06. The van der Waals surface area contributed by atoms with Gasteiger partial charge in [0.05, 0.1) is 4.47 Å². The molecule has 0 N–H and O–H groups in total. The second-order valence-electron chi connectivity index (χ2n) is 2.29. The van der Waals surface area contributed by atoms with Crippen molar-refractivity contribution in [3.63, 3.8) is 0 Å². The maximum atomic E-state index is 12.8. The molecule has 0 amide bonds. The minimum atomic E-state index is -0.433. The Bertz CT molecular complexity index is 338. The van der Waals surface area contributed by atoms with Crippen molar-refractivity contribution in [3.8, 4) is 0 Å². The third kappa shape index (κ3) is 2.86.